The van der Waals surface area contributed by atoms with Crippen LogP contribution in [-0.2, 0) is 22.4 Å². The average Bonchev–Trinajstić information content (AvgIpc) is 3.18. The molecule has 0 aromatic heterocycles. The van der Waals surface area contributed by atoms with Gasteiger partial charge in [0.25, 0.3) is 0 Å². The molecule has 0 saturated carbocycles. The van der Waals surface area contributed by atoms with E-state index in [4.69, 9.17) is 4.74 Å². The molecule has 5 heteroatoms. The van der Waals surface area contributed by atoms with E-state index in [9.17, 15) is 9.59 Å². The molecule has 3 aliphatic rings. The van der Waals surface area contributed by atoms with Gasteiger partial charge < -0.3 is 14.5 Å². The van der Waals surface area contributed by atoms with Crippen LogP contribution >= 0.6 is 0 Å². The van der Waals surface area contributed by atoms with Crippen LogP contribution in [0.4, 0.5) is 0 Å². The van der Waals surface area contributed by atoms with Crippen LogP contribution in [0.15, 0.2) is 48.5 Å². The summed E-state index contributed by atoms with van der Waals surface area (Å²) in [5, 5.41) is 0. The fourth-order valence-electron chi connectivity index (χ4n) is 5.53. The first-order chi connectivity index (χ1) is 15.1. The fraction of sp³-hybridized carbons (Fsp3) is 0.462. The van der Waals surface area contributed by atoms with E-state index in [1.165, 1.54) is 11.1 Å². The van der Waals surface area contributed by atoms with Crippen molar-refractivity contribution in [3.8, 4) is 5.75 Å². The Morgan fingerprint density at radius 3 is 2.48 bits per heavy atom. The van der Waals surface area contributed by atoms with Gasteiger partial charge in [-0.15, -0.1) is 0 Å². The Balaban J connectivity index is 1.15. The zero-order valence-corrected chi connectivity index (χ0v) is 18.2. The number of ether oxygens (including phenoxy) is 1. The molecule has 2 aromatic carbocycles. The van der Waals surface area contributed by atoms with Gasteiger partial charge in [-0.2, -0.15) is 0 Å². The number of amides is 2. The lowest BCUT2D eigenvalue weighted by Gasteiger charge is -2.40. The molecule has 1 spiro atoms. The molecular formula is C26H30N2O3. The molecule has 1 unspecified atom stereocenters. The molecule has 31 heavy (non-hydrogen) atoms. The first-order valence-corrected chi connectivity index (χ1v) is 11.3. The van der Waals surface area contributed by atoms with Crippen LogP contribution in [0.2, 0.25) is 0 Å². The monoisotopic (exact) mass is 418 g/mol. The number of hydrogen-bond acceptors (Lipinski definition) is 3. The highest BCUT2D eigenvalue weighted by Gasteiger charge is 2.45. The Hall–Kier alpha value is -2.82. The summed E-state index contributed by atoms with van der Waals surface area (Å²) in [7, 11) is 1.64. The number of methoxy groups -OCH3 is 1. The van der Waals surface area contributed by atoms with Crippen molar-refractivity contribution in [2.75, 3.05) is 33.3 Å². The lowest BCUT2D eigenvalue weighted by molar-refractivity contribution is -0.135. The number of piperidine rings is 1. The van der Waals surface area contributed by atoms with E-state index in [1.54, 1.807) is 7.11 Å². The van der Waals surface area contributed by atoms with Gasteiger partial charge in [0.15, 0.2) is 0 Å². The van der Waals surface area contributed by atoms with Crippen molar-refractivity contribution in [3.05, 3.63) is 65.2 Å². The zero-order chi connectivity index (χ0) is 21.4. The Kier molecular flexibility index (Phi) is 5.20. The maximum Gasteiger partial charge on any atom is 0.230 e. The SMILES string of the molecule is COc1cccc(CC(=O)N2CCC3(CC2)CCN(C(=O)C2Cc4ccccc42)C3)c1. The van der Waals surface area contributed by atoms with E-state index >= 15 is 0 Å². The first kappa shape index (κ1) is 20.1. The van der Waals surface area contributed by atoms with E-state index < -0.39 is 0 Å². The molecule has 2 fully saturated rings. The largest absolute Gasteiger partial charge is 0.497 e. The number of carbonyl (C=O) groups is 2. The highest BCUT2D eigenvalue weighted by molar-refractivity contribution is 5.87. The van der Waals surface area contributed by atoms with Gasteiger partial charge in [0.05, 0.1) is 19.4 Å². The van der Waals surface area contributed by atoms with Crippen molar-refractivity contribution < 1.29 is 14.3 Å². The molecule has 2 amide bonds. The van der Waals surface area contributed by atoms with Gasteiger partial charge in [-0.3, -0.25) is 9.59 Å². The number of fused-ring (bicyclic) bond motifs is 1. The number of likely N-dealkylation sites (tertiary alicyclic amines) is 2. The second kappa shape index (κ2) is 8.03. The van der Waals surface area contributed by atoms with Crippen LogP contribution in [0.3, 0.4) is 0 Å². The number of benzene rings is 2. The van der Waals surface area contributed by atoms with Crippen LogP contribution in [0.5, 0.6) is 5.75 Å². The summed E-state index contributed by atoms with van der Waals surface area (Å²) in [5.74, 6) is 1.32. The summed E-state index contributed by atoms with van der Waals surface area (Å²) >= 11 is 0. The third-order valence-corrected chi connectivity index (χ3v) is 7.57. The van der Waals surface area contributed by atoms with Crippen molar-refractivity contribution in [2.45, 2.75) is 38.0 Å². The molecule has 2 aromatic rings. The molecule has 5 rings (SSSR count). The van der Waals surface area contributed by atoms with Crippen molar-refractivity contribution in [3.63, 3.8) is 0 Å². The normalized spacial score (nSPS) is 21.5. The molecule has 0 radical (unpaired) electrons. The van der Waals surface area contributed by atoms with E-state index in [1.807, 2.05) is 41.3 Å². The van der Waals surface area contributed by atoms with E-state index in [0.717, 1.165) is 63.2 Å². The van der Waals surface area contributed by atoms with Crippen molar-refractivity contribution in [1.82, 2.24) is 9.80 Å². The third-order valence-electron chi connectivity index (χ3n) is 7.57. The minimum Gasteiger partial charge on any atom is -0.497 e. The van der Waals surface area contributed by atoms with Crippen molar-refractivity contribution in [1.29, 1.82) is 0 Å². The van der Waals surface area contributed by atoms with Crippen LogP contribution in [0.1, 0.15) is 41.9 Å². The Morgan fingerprint density at radius 1 is 1.00 bits per heavy atom. The number of nitrogens with zero attached hydrogens (tertiary/aromatic N) is 2. The van der Waals surface area contributed by atoms with Gasteiger partial charge in [-0.05, 0) is 59.9 Å². The summed E-state index contributed by atoms with van der Waals surface area (Å²) in [5.41, 5.74) is 3.71. The molecule has 2 aliphatic heterocycles. The minimum absolute atomic E-state index is 0.0517. The molecule has 0 bridgehead atoms. The Morgan fingerprint density at radius 2 is 1.74 bits per heavy atom. The average molecular weight is 419 g/mol. The molecule has 1 atom stereocenters. The molecule has 2 heterocycles. The third kappa shape index (κ3) is 3.82. The first-order valence-electron chi connectivity index (χ1n) is 11.3. The lowest BCUT2D eigenvalue weighted by atomic mass is 9.76. The summed E-state index contributed by atoms with van der Waals surface area (Å²) in [6.45, 7) is 3.28. The maximum atomic E-state index is 13.1. The van der Waals surface area contributed by atoms with Gasteiger partial charge in [-0.25, -0.2) is 0 Å². The van der Waals surface area contributed by atoms with Gasteiger partial charge in [-0.1, -0.05) is 36.4 Å². The highest BCUT2D eigenvalue weighted by Crippen LogP contribution is 2.43. The predicted octanol–water partition coefficient (Wildman–Crippen LogP) is 3.42. The summed E-state index contributed by atoms with van der Waals surface area (Å²) in [6.07, 6.45) is 4.33. The van der Waals surface area contributed by atoms with Crippen LogP contribution in [0.25, 0.3) is 0 Å². The van der Waals surface area contributed by atoms with Gasteiger partial charge in [0, 0.05) is 26.2 Å². The van der Waals surface area contributed by atoms with Crippen LogP contribution in [-0.4, -0.2) is 54.9 Å². The second-order valence-electron chi connectivity index (χ2n) is 9.37. The fourth-order valence-corrected chi connectivity index (χ4v) is 5.53. The van der Waals surface area contributed by atoms with Crippen molar-refractivity contribution >= 4 is 11.8 Å². The lowest BCUT2D eigenvalue weighted by Crippen LogP contribution is -2.46. The molecule has 2 saturated heterocycles. The summed E-state index contributed by atoms with van der Waals surface area (Å²) in [4.78, 5) is 30.0. The smallest absolute Gasteiger partial charge is 0.230 e. The van der Waals surface area contributed by atoms with Gasteiger partial charge in [0.2, 0.25) is 11.8 Å². The summed E-state index contributed by atoms with van der Waals surface area (Å²) < 4.78 is 5.27. The molecule has 0 N–H and O–H groups in total. The molecule has 5 nitrogen and oxygen atoms in total. The highest BCUT2D eigenvalue weighted by atomic mass is 16.5. The Labute approximate surface area is 184 Å². The number of rotatable bonds is 4. The maximum absolute atomic E-state index is 13.1. The quantitative estimate of drug-likeness (QED) is 0.765. The second-order valence-corrected chi connectivity index (χ2v) is 9.37. The number of hydrogen-bond donors (Lipinski definition) is 0. The predicted molar refractivity (Wildman–Crippen MR) is 119 cm³/mol. The molecule has 162 valence electrons. The summed E-state index contributed by atoms with van der Waals surface area (Å²) in [6, 6.07) is 16.0. The molecular weight excluding hydrogens is 388 g/mol. The van der Waals surface area contributed by atoms with Gasteiger partial charge in [0.1, 0.15) is 5.75 Å². The van der Waals surface area contributed by atoms with E-state index in [0.29, 0.717) is 12.3 Å². The minimum atomic E-state index is 0.0517. The zero-order valence-electron chi connectivity index (χ0n) is 18.2. The van der Waals surface area contributed by atoms with E-state index in [-0.39, 0.29) is 17.2 Å². The molecule has 1 aliphatic carbocycles. The van der Waals surface area contributed by atoms with Crippen molar-refractivity contribution in [2.24, 2.45) is 5.41 Å². The van der Waals surface area contributed by atoms with Crippen LogP contribution in [0, 0.1) is 5.41 Å². The topological polar surface area (TPSA) is 49.9 Å². The standard InChI is InChI=1S/C26H30N2O3/c1-31-21-7-4-5-19(15-21)16-24(29)27-12-9-26(10-13-27)11-14-28(18-26)25(30)23-17-20-6-2-3-8-22(20)23/h2-8,15,23H,9-14,16-18H2,1H3. The Bertz CT molecular complexity index is 994. The van der Waals surface area contributed by atoms with Crippen LogP contribution < -0.4 is 4.74 Å². The van der Waals surface area contributed by atoms with E-state index in [2.05, 4.69) is 17.0 Å². The van der Waals surface area contributed by atoms with Gasteiger partial charge >= 0.3 is 0 Å². The number of carbonyl (C=O) groups excluding carboxylic acids is 2.